The molecule has 0 aromatic heterocycles. The Balaban J connectivity index is 3.35. The van der Waals surface area contributed by atoms with E-state index >= 15 is 0 Å². The van der Waals surface area contributed by atoms with Gasteiger partial charge in [-0.3, -0.25) is 9.59 Å². The van der Waals surface area contributed by atoms with Crippen molar-refractivity contribution in [3.8, 4) is 0 Å². The Kier molecular flexibility index (Phi) is 76.3. The van der Waals surface area contributed by atoms with E-state index in [2.05, 4.69) is 55.6 Å². The lowest BCUT2D eigenvalue weighted by Crippen LogP contribution is -2.45. The van der Waals surface area contributed by atoms with E-state index in [1.54, 1.807) is 6.08 Å². The van der Waals surface area contributed by atoms with E-state index in [0.29, 0.717) is 19.4 Å². The van der Waals surface area contributed by atoms with Gasteiger partial charge in [-0.05, 0) is 89.9 Å². The van der Waals surface area contributed by atoms with Crippen molar-refractivity contribution >= 4 is 11.9 Å². The van der Waals surface area contributed by atoms with Gasteiger partial charge in [0.2, 0.25) is 5.91 Å². The van der Waals surface area contributed by atoms with E-state index in [0.717, 1.165) is 51.4 Å². The molecule has 2 atom stereocenters. The number of nitrogens with one attached hydrogen (secondary N) is 1. The number of unbranched alkanes of at least 4 members (excludes halogenated alkanes) is 59. The first-order valence-electron chi connectivity index (χ1n) is 40.4. The Morgan fingerprint density at radius 1 is 0.315 bits per heavy atom. The van der Waals surface area contributed by atoms with Gasteiger partial charge in [-0.15, -0.1) is 0 Å². The van der Waals surface area contributed by atoms with E-state index < -0.39 is 12.1 Å². The SMILES string of the molecule is CCCCCCCCC/C=C\CCCCCCCCCC(=O)OCCCCCCCCCCCCCCCCC/C=C\C/C=C\CCCCCCCCCCCCCCCCCCCC(=O)NC(CO)C(O)/C=C/CCCCCCCCCCCCCCC. The zero-order valence-corrected chi connectivity index (χ0v) is 60.2. The second kappa shape index (κ2) is 78.3. The Labute approximate surface area is 556 Å². The molecule has 0 aliphatic rings. The smallest absolute Gasteiger partial charge is 0.305 e. The van der Waals surface area contributed by atoms with Gasteiger partial charge in [0, 0.05) is 12.8 Å². The molecule has 524 valence electrons. The maximum atomic E-state index is 12.5. The van der Waals surface area contributed by atoms with Crippen LogP contribution in [0.5, 0.6) is 0 Å². The molecule has 0 radical (unpaired) electrons. The number of ether oxygens (including phenoxy) is 1. The fraction of sp³-hybridized carbons (Fsp3) is 0.880. The average molecular weight is 1250 g/mol. The van der Waals surface area contributed by atoms with Gasteiger partial charge in [0.15, 0.2) is 0 Å². The summed E-state index contributed by atoms with van der Waals surface area (Å²) in [5.41, 5.74) is 0. The van der Waals surface area contributed by atoms with Crippen molar-refractivity contribution in [2.75, 3.05) is 13.2 Å². The molecular formula is C83H157NO5. The number of carbonyl (C=O) groups excluding carboxylic acids is 2. The van der Waals surface area contributed by atoms with Gasteiger partial charge in [0.05, 0.1) is 25.4 Å². The summed E-state index contributed by atoms with van der Waals surface area (Å²) in [5, 5.41) is 23.2. The van der Waals surface area contributed by atoms with Crippen LogP contribution in [0.2, 0.25) is 0 Å². The minimum atomic E-state index is -0.843. The number of hydrogen-bond donors (Lipinski definition) is 3. The molecule has 0 aromatic rings. The van der Waals surface area contributed by atoms with Crippen molar-refractivity contribution < 1.29 is 24.5 Å². The Morgan fingerprint density at radius 3 is 0.865 bits per heavy atom. The summed E-state index contributed by atoms with van der Waals surface area (Å²) in [6.07, 6.45) is 104. The van der Waals surface area contributed by atoms with Crippen molar-refractivity contribution in [2.24, 2.45) is 0 Å². The largest absolute Gasteiger partial charge is 0.466 e. The molecule has 1 amide bonds. The minimum Gasteiger partial charge on any atom is -0.466 e. The molecule has 0 fully saturated rings. The van der Waals surface area contributed by atoms with Crippen LogP contribution in [0.4, 0.5) is 0 Å². The standard InChI is InChI=1S/C83H157NO5/c1-3-5-7-9-11-13-15-17-19-20-45-49-53-57-61-65-69-73-77-83(88)89-78-74-70-66-62-58-54-50-46-43-41-39-37-35-33-31-29-27-25-23-21-22-24-26-28-30-32-34-36-38-40-42-44-48-52-56-60-64-68-72-76-82(87)84-80(79-85)81(86)75-71-67-63-59-55-51-47-18-16-14-12-10-8-6-4-2/h19-22,25,27,71,75,80-81,85-86H,3-18,23-24,26,28-70,72-74,76-79H2,1-2H3,(H,84,87)/b20-19-,22-21-,27-25-,75-71+. The van der Waals surface area contributed by atoms with Crippen LogP contribution in [-0.2, 0) is 14.3 Å². The fourth-order valence-electron chi connectivity index (χ4n) is 12.7. The van der Waals surface area contributed by atoms with Crippen LogP contribution in [0.25, 0.3) is 0 Å². The lowest BCUT2D eigenvalue weighted by Gasteiger charge is -2.20. The first-order chi connectivity index (χ1) is 44.0. The third kappa shape index (κ3) is 74.7. The van der Waals surface area contributed by atoms with Gasteiger partial charge in [0.25, 0.3) is 0 Å². The first-order valence-corrected chi connectivity index (χ1v) is 40.4. The van der Waals surface area contributed by atoms with Gasteiger partial charge in [-0.25, -0.2) is 0 Å². The highest BCUT2D eigenvalue weighted by Crippen LogP contribution is 2.19. The van der Waals surface area contributed by atoms with E-state index in [1.807, 2.05) is 6.08 Å². The highest BCUT2D eigenvalue weighted by molar-refractivity contribution is 5.76. The molecule has 6 nitrogen and oxygen atoms in total. The van der Waals surface area contributed by atoms with E-state index in [1.165, 1.54) is 366 Å². The molecule has 0 saturated heterocycles. The minimum absolute atomic E-state index is 0.0177. The number of amides is 1. The normalized spacial score (nSPS) is 12.7. The topological polar surface area (TPSA) is 95.9 Å². The molecule has 89 heavy (non-hydrogen) atoms. The summed E-state index contributed by atoms with van der Waals surface area (Å²) in [5.74, 6) is -0.0447. The molecule has 0 rings (SSSR count). The van der Waals surface area contributed by atoms with E-state index in [4.69, 9.17) is 4.74 Å². The van der Waals surface area contributed by atoms with Crippen molar-refractivity contribution in [1.29, 1.82) is 0 Å². The number of hydrogen-bond acceptors (Lipinski definition) is 5. The molecule has 0 heterocycles. The zero-order chi connectivity index (χ0) is 64.2. The average Bonchev–Trinajstić information content (AvgIpc) is 3.59. The van der Waals surface area contributed by atoms with Crippen molar-refractivity contribution in [3.63, 3.8) is 0 Å². The van der Waals surface area contributed by atoms with Crippen LogP contribution < -0.4 is 5.32 Å². The molecular weight excluding hydrogens is 1090 g/mol. The zero-order valence-electron chi connectivity index (χ0n) is 60.2. The van der Waals surface area contributed by atoms with Gasteiger partial charge in [-0.1, -0.05) is 390 Å². The van der Waals surface area contributed by atoms with Gasteiger partial charge in [0.1, 0.15) is 0 Å². The maximum absolute atomic E-state index is 12.5. The van der Waals surface area contributed by atoms with Crippen molar-refractivity contribution in [1.82, 2.24) is 5.32 Å². The molecule has 0 bridgehead atoms. The number of aliphatic hydroxyl groups is 2. The molecule has 0 spiro atoms. The second-order valence-electron chi connectivity index (χ2n) is 27.7. The van der Waals surface area contributed by atoms with E-state index in [9.17, 15) is 19.8 Å². The molecule has 6 heteroatoms. The first kappa shape index (κ1) is 86.8. The number of aliphatic hydroxyl groups excluding tert-OH is 2. The highest BCUT2D eigenvalue weighted by atomic mass is 16.5. The quantitative estimate of drug-likeness (QED) is 0.0320. The summed E-state index contributed by atoms with van der Waals surface area (Å²) < 4.78 is 5.51. The summed E-state index contributed by atoms with van der Waals surface area (Å²) >= 11 is 0. The van der Waals surface area contributed by atoms with Gasteiger partial charge >= 0.3 is 5.97 Å². The van der Waals surface area contributed by atoms with Crippen LogP contribution >= 0.6 is 0 Å². The molecule has 0 saturated carbocycles. The summed E-state index contributed by atoms with van der Waals surface area (Å²) in [6, 6.07) is -0.626. The van der Waals surface area contributed by atoms with Crippen LogP contribution in [0.1, 0.15) is 444 Å². The predicted molar refractivity (Wildman–Crippen MR) is 393 cm³/mol. The molecule has 0 aliphatic heterocycles. The Bertz CT molecular complexity index is 1490. The fourth-order valence-corrected chi connectivity index (χ4v) is 12.7. The number of esters is 1. The van der Waals surface area contributed by atoms with E-state index in [-0.39, 0.29) is 18.5 Å². The van der Waals surface area contributed by atoms with Crippen LogP contribution in [-0.4, -0.2) is 47.4 Å². The number of rotatable bonds is 76. The maximum Gasteiger partial charge on any atom is 0.305 e. The van der Waals surface area contributed by atoms with Gasteiger partial charge in [-0.2, -0.15) is 0 Å². The summed E-state index contributed by atoms with van der Waals surface area (Å²) in [6.45, 7) is 4.94. The summed E-state index contributed by atoms with van der Waals surface area (Å²) in [4.78, 5) is 24.6. The Hall–Kier alpha value is -2.18. The van der Waals surface area contributed by atoms with Crippen molar-refractivity contribution in [3.05, 3.63) is 48.6 Å². The monoisotopic (exact) mass is 1250 g/mol. The Morgan fingerprint density at radius 2 is 0.562 bits per heavy atom. The van der Waals surface area contributed by atoms with Crippen LogP contribution in [0.3, 0.4) is 0 Å². The third-order valence-corrected chi connectivity index (χ3v) is 18.8. The highest BCUT2D eigenvalue weighted by Gasteiger charge is 2.18. The molecule has 3 N–H and O–H groups in total. The van der Waals surface area contributed by atoms with Crippen LogP contribution in [0.15, 0.2) is 48.6 Å². The molecule has 2 unspecified atom stereocenters. The van der Waals surface area contributed by atoms with Gasteiger partial charge < -0.3 is 20.3 Å². The lowest BCUT2D eigenvalue weighted by atomic mass is 10.0. The van der Waals surface area contributed by atoms with Crippen LogP contribution in [0, 0.1) is 0 Å². The molecule has 0 aromatic carbocycles. The predicted octanol–water partition coefficient (Wildman–Crippen LogP) is 26.8. The van der Waals surface area contributed by atoms with Crippen molar-refractivity contribution in [2.45, 2.75) is 456 Å². The second-order valence-corrected chi connectivity index (χ2v) is 27.7. The number of allylic oxidation sites excluding steroid dienone is 7. The summed E-state index contributed by atoms with van der Waals surface area (Å²) in [7, 11) is 0. The lowest BCUT2D eigenvalue weighted by molar-refractivity contribution is -0.143. The third-order valence-electron chi connectivity index (χ3n) is 18.8. The molecule has 0 aliphatic carbocycles. The number of carbonyl (C=O) groups is 2.